The average Bonchev–Trinajstić information content (AvgIpc) is 2.28. The Bertz CT molecular complexity index is 179. The monoisotopic (exact) mass is 248 g/mol. The number of hydrogen-bond acceptors (Lipinski definition) is 4. The maximum Gasteiger partial charge on any atom is 0.239 e. The third kappa shape index (κ3) is 9.00. The molecule has 0 bridgehead atoms. The molecule has 0 aliphatic heterocycles. The van der Waals surface area contributed by atoms with Gasteiger partial charge in [0.2, 0.25) is 5.91 Å². The molecule has 4 nitrogen and oxygen atoms in total. The number of amides is 1. The van der Waals surface area contributed by atoms with E-state index in [1.165, 1.54) is 25.0 Å². The number of carbonyl (C=O) groups excluding carboxylic acids is 1. The van der Waals surface area contributed by atoms with Crippen LogP contribution >= 0.6 is 11.8 Å². The van der Waals surface area contributed by atoms with Gasteiger partial charge in [0.1, 0.15) is 6.04 Å². The average molecular weight is 248 g/mol. The Morgan fingerprint density at radius 3 is 2.69 bits per heavy atom. The van der Waals surface area contributed by atoms with E-state index >= 15 is 0 Å². The van der Waals surface area contributed by atoms with Crippen LogP contribution in [0.3, 0.4) is 0 Å². The number of carbonyl (C=O) groups is 1. The van der Waals surface area contributed by atoms with Crippen LogP contribution in [0, 0.1) is 0 Å². The van der Waals surface area contributed by atoms with E-state index in [4.69, 9.17) is 10.5 Å². The number of thioether (sulfide) groups is 1. The van der Waals surface area contributed by atoms with Crippen molar-refractivity contribution in [1.29, 1.82) is 0 Å². The molecule has 5 heteroatoms. The minimum atomic E-state index is -0.540. The smallest absolute Gasteiger partial charge is 0.239 e. The van der Waals surface area contributed by atoms with Crippen molar-refractivity contribution in [2.45, 2.75) is 31.7 Å². The summed E-state index contributed by atoms with van der Waals surface area (Å²) in [6, 6.07) is -0.540. The van der Waals surface area contributed by atoms with E-state index in [2.05, 4.69) is 11.6 Å². The highest BCUT2D eigenvalue weighted by Crippen LogP contribution is 2.03. The number of rotatable bonds is 10. The summed E-state index contributed by atoms with van der Waals surface area (Å²) in [7, 11) is 1.54. The highest BCUT2D eigenvalue weighted by molar-refractivity contribution is 7.98. The van der Waals surface area contributed by atoms with Crippen molar-refractivity contribution >= 4 is 17.7 Å². The molecule has 0 fully saturated rings. The van der Waals surface area contributed by atoms with E-state index in [9.17, 15) is 4.79 Å². The van der Waals surface area contributed by atoms with Gasteiger partial charge in [-0.25, -0.2) is 0 Å². The second-order valence-corrected chi connectivity index (χ2v) is 4.75. The first-order valence-corrected chi connectivity index (χ1v) is 7.13. The number of hydrogen-bond donors (Lipinski definition) is 2. The lowest BCUT2D eigenvalue weighted by Crippen LogP contribution is -2.43. The molecule has 0 aliphatic carbocycles. The van der Waals surface area contributed by atoms with Gasteiger partial charge in [-0.2, -0.15) is 11.8 Å². The summed E-state index contributed by atoms with van der Waals surface area (Å²) in [5.41, 5.74) is 5.57. The van der Waals surface area contributed by atoms with Crippen molar-refractivity contribution in [3.63, 3.8) is 0 Å². The van der Waals surface area contributed by atoms with Gasteiger partial charge >= 0.3 is 0 Å². The maximum absolute atomic E-state index is 11.3. The minimum absolute atomic E-state index is 0.119. The minimum Gasteiger partial charge on any atom is -0.383 e. The Balaban J connectivity index is 3.27. The summed E-state index contributed by atoms with van der Waals surface area (Å²) in [6.45, 7) is 0.995. The molecule has 1 unspecified atom stereocenters. The van der Waals surface area contributed by atoms with Gasteiger partial charge in [-0.3, -0.25) is 4.79 Å². The molecule has 0 aromatic rings. The fraction of sp³-hybridized carbons (Fsp3) is 0.909. The third-order valence-electron chi connectivity index (χ3n) is 2.26. The van der Waals surface area contributed by atoms with E-state index < -0.39 is 6.04 Å². The van der Waals surface area contributed by atoms with Crippen molar-refractivity contribution in [1.82, 2.24) is 5.32 Å². The normalized spacial score (nSPS) is 12.4. The summed E-state index contributed by atoms with van der Waals surface area (Å²) in [4.78, 5) is 11.3. The van der Waals surface area contributed by atoms with Crippen LogP contribution in [0.2, 0.25) is 0 Å². The SMILES string of the molecule is COCC(N)C(=O)NCCCCCCSC. The maximum atomic E-state index is 11.3. The number of nitrogens with one attached hydrogen (secondary N) is 1. The van der Waals surface area contributed by atoms with E-state index in [0.717, 1.165) is 13.0 Å². The van der Waals surface area contributed by atoms with Crippen molar-refractivity contribution in [3.8, 4) is 0 Å². The molecule has 0 rings (SSSR count). The summed E-state index contributed by atoms with van der Waals surface area (Å²) in [6.07, 6.45) is 6.82. The second-order valence-electron chi connectivity index (χ2n) is 3.76. The van der Waals surface area contributed by atoms with E-state index in [0.29, 0.717) is 0 Å². The third-order valence-corrected chi connectivity index (χ3v) is 2.95. The van der Waals surface area contributed by atoms with Crippen LogP contribution in [0.4, 0.5) is 0 Å². The van der Waals surface area contributed by atoms with Gasteiger partial charge in [0.15, 0.2) is 0 Å². The first-order valence-electron chi connectivity index (χ1n) is 5.73. The Morgan fingerprint density at radius 1 is 1.38 bits per heavy atom. The van der Waals surface area contributed by atoms with Gasteiger partial charge in [-0.15, -0.1) is 0 Å². The molecular weight excluding hydrogens is 224 g/mol. The van der Waals surface area contributed by atoms with Crippen molar-refractivity contribution < 1.29 is 9.53 Å². The summed E-state index contributed by atoms with van der Waals surface area (Å²) >= 11 is 1.88. The van der Waals surface area contributed by atoms with Crippen LogP contribution in [-0.4, -0.2) is 44.2 Å². The molecule has 96 valence electrons. The first kappa shape index (κ1) is 15.7. The highest BCUT2D eigenvalue weighted by Gasteiger charge is 2.11. The van der Waals surface area contributed by atoms with E-state index in [-0.39, 0.29) is 12.5 Å². The van der Waals surface area contributed by atoms with E-state index in [1.807, 2.05) is 11.8 Å². The molecule has 0 aromatic heterocycles. The van der Waals surface area contributed by atoms with Crippen LogP contribution < -0.4 is 11.1 Å². The molecule has 1 atom stereocenters. The van der Waals surface area contributed by atoms with Gasteiger partial charge < -0.3 is 15.8 Å². The number of unbranched alkanes of at least 4 members (excludes halogenated alkanes) is 3. The molecular formula is C11H24N2O2S. The molecule has 0 radical (unpaired) electrons. The van der Waals surface area contributed by atoms with Crippen LogP contribution in [0.5, 0.6) is 0 Å². The zero-order valence-electron chi connectivity index (χ0n) is 10.3. The Morgan fingerprint density at radius 2 is 2.06 bits per heavy atom. The molecule has 16 heavy (non-hydrogen) atoms. The van der Waals surface area contributed by atoms with Gasteiger partial charge in [0, 0.05) is 13.7 Å². The van der Waals surface area contributed by atoms with Gasteiger partial charge in [-0.05, 0) is 24.9 Å². The molecule has 0 spiro atoms. The summed E-state index contributed by atoms with van der Waals surface area (Å²) < 4.78 is 4.81. The van der Waals surface area contributed by atoms with Crippen LogP contribution in [0.15, 0.2) is 0 Å². The van der Waals surface area contributed by atoms with Gasteiger partial charge in [0.05, 0.1) is 6.61 Å². The molecule has 0 aliphatic rings. The number of nitrogens with two attached hydrogens (primary N) is 1. The quantitative estimate of drug-likeness (QED) is 0.566. The molecule has 3 N–H and O–H groups in total. The first-order chi connectivity index (χ1) is 7.72. The van der Waals surface area contributed by atoms with Crippen LogP contribution in [-0.2, 0) is 9.53 Å². The highest BCUT2D eigenvalue weighted by atomic mass is 32.2. The van der Waals surface area contributed by atoms with Crippen LogP contribution in [0.25, 0.3) is 0 Å². The molecule has 0 saturated heterocycles. The lowest BCUT2D eigenvalue weighted by molar-refractivity contribution is -0.123. The predicted molar refractivity (Wildman–Crippen MR) is 69.7 cm³/mol. The van der Waals surface area contributed by atoms with Gasteiger partial charge in [-0.1, -0.05) is 12.8 Å². The molecule has 1 amide bonds. The molecule has 0 aromatic carbocycles. The van der Waals surface area contributed by atoms with Crippen LogP contribution in [0.1, 0.15) is 25.7 Å². The zero-order valence-corrected chi connectivity index (χ0v) is 11.1. The standard InChI is InChI=1S/C11H24N2O2S/c1-15-9-10(12)11(14)13-7-5-3-4-6-8-16-2/h10H,3-9,12H2,1-2H3,(H,13,14). The lowest BCUT2D eigenvalue weighted by atomic mass is 10.2. The Labute approximate surface area is 103 Å². The molecule has 0 heterocycles. The topological polar surface area (TPSA) is 64.3 Å². The Hall–Kier alpha value is -0.260. The van der Waals surface area contributed by atoms with Crippen molar-refractivity contribution in [3.05, 3.63) is 0 Å². The lowest BCUT2D eigenvalue weighted by Gasteiger charge is -2.10. The summed E-state index contributed by atoms with van der Waals surface area (Å²) in [5.74, 6) is 1.11. The van der Waals surface area contributed by atoms with Gasteiger partial charge in [0.25, 0.3) is 0 Å². The zero-order chi connectivity index (χ0) is 12.2. The fourth-order valence-electron chi connectivity index (χ4n) is 1.32. The number of methoxy groups -OCH3 is 1. The predicted octanol–water partition coefficient (Wildman–Crippen LogP) is 1.000. The fourth-order valence-corrected chi connectivity index (χ4v) is 1.82. The van der Waals surface area contributed by atoms with E-state index in [1.54, 1.807) is 7.11 Å². The second kappa shape index (κ2) is 11.2. The Kier molecular flexibility index (Phi) is 11.0. The van der Waals surface area contributed by atoms with Crippen molar-refractivity contribution in [2.75, 3.05) is 32.3 Å². The summed E-state index contributed by atoms with van der Waals surface area (Å²) in [5, 5.41) is 2.81. The van der Waals surface area contributed by atoms with Crippen molar-refractivity contribution in [2.24, 2.45) is 5.73 Å². The molecule has 0 saturated carbocycles. The number of ether oxygens (including phenoxy) is 1. The largest absolute Gasteiger partial charge is 0.383 e.